The van der Waals surface area contributed by atoms with E-state index >= 15 is 0 Å². The smallest absolute Gasteiger partial charge is 0.376 e. The van der Waals surface area contributed by atoms with Crippen LogP contribution in [0.3, 0.4) is 0 Å². The van der Waals surface area contributed by atoms with E-state index in [9.17, 15) is 30.7 Å². The number of aryl methyl sites for hydroxylation is 1. The minimum atomic E-state index is -5.76. The van der Waals surface area contributed by atoms with Crippen molar-refractivity contribution in [1.82, 2.24) is 9.97 Å². The minimum Gasteiger partial charge on any atom is -0.490 e. The lowest BCUT2D eigenvalue weighted by Crippen LogP contribution is -2.58. The zero-order valence-electron chi connectivity index (χ0n) is 24.2. The molecule has 2 rings (SSSR count). The van der Waals surface area contributed by atoms with Gasteiger partial charge in [-0.2, -0.15) is 26.3 Å². The highest BCUT2D eigenvalue weighted by Crippen LogP contribution is 2.46. The van der Waals surface area contributed by atoms with Crippen molar-refractivity contribution >= 4 is 0 Å². The topological polar surface area (TPSA) is 53.5 Å². The first kappa shape index (κ1) is 35.7. The fourth-order valence-corrected chi connectivity index (χ4v) is 3.89. The Hall–Kier alpha value is -2.47. The van der Waals surface area contributed by atoms with Crippen LogP contribution in [0.15, 0.2) is 36.7 Å². The number of nitrogens with zero attached hydrogens (tertiary/aromatic N) is 2. The fraction of sp³-hybridized carbons (Fsp3) is 0.667. The monoisotopic (exact) mass is 610 g/mol. The van der Waals surface area contributed by atoms with Gasteiger partial charge in [-0.15, -0.1) is 0 Å². The second-order valence-corrected chi connectivity index (χ2v) is 10.3. The van der Waals surface area contributed by atoms with Crippen molar-refractivity contribution in [3.8, 4) is 17.1 Å². The lowest BCUT2D eigenvalue weighted by molar-refractivity contribution is -0.329. The molecular weight excluding hydrogens is 569 g/mol. The van der Waals surface area contributed by atoms with Crippen LogP contribution in [0.2, 0.25) is 0 Å². The van der Waals surface area contributed by atoms with E-state index < -0.39 is 50.4 Å². The van der Waals surface area contributed by atoms with E-state index in [-0.39, 0.29) is 12.4 Å². The summed E-state index contributed by atoms with van der Waals surface area (Å²) in [6.45, 7) is -2.02. The molecule has 42 heavy (non-hydrogen) atoms. The summed E-state index contributed by atoms with van der Waals surface area (Å²) >= 11 is 0. The summed E-state index contributed by atoms with van der Waals surface area (Å²) in [4.78, 5) is 8.78. The van der Waals surface area contributed by atoms with Crippen molar-refractivity contribution in [2.24, 2.45) is 0 Å². The van der Waals surface area contributed by atoms with Gasteiger partial charge in [0.15, 0.2) is 12.0 Å². The number of unbranched alkanes of at least 4 members (excludes halogenated alkanes) is 6. The van der Waals surface area contributed by atoms with Crippen molar-refractivity contribution in [3.63, 3.8) is 0 Å². The minimum absolute atomic E-state index is 0.251. The maximum absolute atomic E-state index is 14.1. The molecule has 0 fully saturated rings. The number of hydrogen-bond donors (Lipinski definition) is 0. The molecule has 1 aromatic carbocycles. The number of halogens is 7. The first-order chi connectivity index (χ1) is 19.9. The van der Waals surface area contributed by atoms with E-state index in [0.29, 0.717) is 24.2 Å². The van der Waals surface area contributed by atoms with Gasteiger partial charge in [-0.3, -0.25) is 0 Å². The molecule has 1 heterocycles. The van der Waals surface area contributed by atoms with Gasteiger partial charge < -0.3 is 14.2 Å². The molecule has 0 aliphatic rings. The van der Waals surface area contributed by atoms with Gasteiger partial charge in [0.2, 0.25) is 0 Å². The van der Waals surface area contributed by atoms with Gasteiger partial charge in [-0.25, -0.2) is 14.4 Å². The Kier molecular flexibility index (Phi) is 15.0. The molecule has 0 spiro atoms. The van der Waals surface area contributed by atoms with Crippen molar-refractivity contribution in [2.45, 2.75) is 95.6 Å². The summed E-state index contributed by atoms with van der Waals surface area (Å²) in [6.07, 6.45) is 10.6. The molecule has 0 bridgehead atoms. The third kappa shape index (κ3) is 11.3. The van der Waals surface area contributed by atoms with Crippen LogP contribution >= 0.6 is 0 Å². The Bertz CT molecular complexity index is 1010. The van der Waals surface area contributed by atoms with Gasteiger partial charge in [-0.05, 0) is 49.1 Å². The molecule has 0 aliphatic carbocycles. The maximum atomic E-state index is 14.1. The Balaban J connectivity index is 1.75. The summed E-state index contributed by atoms with van der Waals surface area (Å²) in [5.74, 6) is -15.4. The predicted octanol–water partition coefficient (Wildman–Crippen LogP) is 8.50. The Morgan fingerprint density at radius 1 is 0.714 bits per heavy atom. The van der Waals surface area contributed by atoms with Gasteiger partial charge >= 0.3 is 17.8 Å². The van der Waals surface area contributed by atoms with Crippen LogP contribution in [0.4, 0.5) is 30.7 Å². The summed E-state index contributed by atoms with van der Waals surface area (Å²) in [5.41, 5.74) is 1.75. The SMILES string of the molecule is CCCCCCCCc1cnc(-c2ccc(OC[C@@H](F)COCC(F)(F)C(F)(F)C(F)(F)COCCCC)cc2)nc1. The lowest BCUT2D eigenvalue weighted by Gasteiger charge is -2.32. The van der Waals surface area contributed by atoms with Crippen molar-refractivity contribution in [1.29, 1.82) is 0 Å². The molecule has 5 nitrogen and oxygen atoms in total. The quantitative estimate of drug-likeness (QED) is 0.0989. The molecule has 1 atom stereocenters. The standard InChI is InChI=1S/C30H41F7N2O3/c1-3-5-7-8-9-10-11-23-17-38-27(39-18-23)24-12-14-26(15-13-24)42-20-25(31)19-41-22-29(34,35)30(36,37)28(32,33)21-40-16-6-4-2/h12-15,17-18,25H,3-11,16,19-22H2,1-2H3/t25-/m0/s1. The van der Waals surface area contributed by atoms with Crippen molar-refractivity contribution in [2.75, 3.05) is 33.0 Å². The van der Waals surface area contributed by atoms with Crippen LogP contribution in [-0.2, 0) is 15.9 Å². The van der Waals surface area contributed by atoms with E-state index in [1.807, 2.05) is 0 Å². The summed E-state index contributed by atoms with van der Waals surface area (Å²) < 4.78 is 111. The lowest BCUT2D eigenvalue weighted by atomic mass is 10.1. The highest BCUT2D eigenvalue weighted by Gasteiger charge is 2.71. The van der Waals surface area contributed by atoms with Gasteiger partial charge in [-0.1, -0.05) is 52.4 Å². The number of alkyl halides is 7. The van der Waals surface area contributed by atoms with Crippen LogP contribution in [0.1, 0.15) is 70.8 Å². The van der Waals surface area contributed by atoms with Crippen LogP contribution in [-0.4, -0.2) is 66.9 Å². The molecule has 12 heteroatoms. The van der Waals surface area contributed by atoms with Gasteiger partial charge in [0.05, 0.1) is 6.61 Å². The molecule has 2 aromatic rings. The molecule has 0 amide bonds. The second-order valence-electron chi connectivity index (χ2n) is 10.3. The average molecular weight is 611 g/mol. The molecule has 0 saturated heterocycles. The van der Waals surface area contributed by atoms with Crippen LogP contribution < -0.4 is 4.74 Å². The van der Waals surface area contributed by atoms with Crippen LogP contribution in [0, 0.1) is 0 Å². The fourth-order valence-electron chi connectivity index (χ4n) is 3.89. The highest BCUT2D eigenvalue weighted by molar-refractivity contribution is 5.55. The Labute approximate surface area is 243 Å². The molecule has 238 valence electrons. The average Bonchev–Trinajstić information content (AvgIpc) is 2.96. The number of aromatic nitrogens is 2. The number of rotatable bonds is 22. The summed E-state index contributed by atoms with van der Waals surface area (Å²) in [7, 11) is 0. The normalized spacial score (nSPS) is 13.4. The number of ether oxygens (including phenoxy) is 3. The molecule has 0 saturated carbocycles. The number of benzene rings is 1. The van der Waals surface area contributed by atoms with Crippen LogP contribution in [0.25, 0.3) is 11.4 Å². The predicted molar refractivity (Wildman–Crippen MR) is 146 cm³/mol. The Morgan fingerprint density at radius 2 is 1.29 bits per heavy atom. The molecule has 0 unspecified atom stereocenters. The zero-order chi connectivity index (χ0) is 31.1. The van der Waals surface area contributed by atoms with Gasteiger partial charge in [0.1, 0.15) is 25.6 Å². The van der Waals surface area contributed by atoms with E-state index in [1.54, 1.807) is 31.5 Å². The number of hydrogen-bond acceptors (Lipinski definition) is 5. The molecule has 0 radical (unpaired) electrons. The van der Waals surface area contributed by atoms with E-state index in [0.717, 1.165) is 18.4 Å². The molecule has 0 aliphatic heterocycles. The van der Waals surface area contributed by atoms with Crippen molar-refractivity contribution < 1.29 is 44.9 Å². The summed E-state index contributed by atoms with van der Waals surface area (Å²) in [6, 6.07) is 6.40. The second kappa shape index (κ2) is 17.6. The Morgan fingerprint density at radius 3 is 1.90 bits per heavy atom. The first-order valence-electron chi connectivity index (χ1n) is 14.4. The van der Waals surface area contributed by atoms with Crippen molar-refractivity contribution in [3.05, 3.63) is 42.2 Å². The zero-order valence-corrected chi connectivity index (χ0v) is 24.2. The third-order valence-electron chi connectivity index (χ3n) is 6.49. The van der Waals surface area contributed by atoms with E-state index in [1.165, 1.54) is 44.2 Å². The maximum Gasteiger partial charge on any atom is 0.376 e. The first-order valence-corrected chi connectivity index (χ1v) is 14.4. The van der Waals surface area contributed by atoms with E-state index in [4.69, 9.17) is 4.74 Å². The van der Waals surface area contributed by atoms with Gasteiger partial charge in [0, 0.05) is 24.6 Å². The highest BCUT2D eigenvalue weighted by atomic mass is 19.3. The molecule has 1 aromatic heterocycles. The van der Waals surface area contributed by atoms with Gasteiger partial charge in [0.25, 0.3) is 0 Å². The van der Waals surface area contributed by atoms with Crippen LogP contribution in [0.5, 0.6) is 5.75 Å². The largest absolute Gasteiger partial charge is 0.490 e. The third-order valence-corrected chi connectivity index (χ3v) is 6.49. The van der Waals surface area contributed by atoms with E-state index in [2.05, 4.69) is 26.4 Å². The molecular formula is C30H41F7N2O3. The summed E-state index contributed by atoms with van der Waals surface area (Å²) in [5, 5.41) is 0. The molecule has 0 N–H and O–H groups in total.